The maximum absolute atomic E-state index is 13.3. The van der Waals surface area contributed by atoms with E-state index in [4.69, 9.17) is 4.74 Å². The molecule has 0 aliphatic carbocycles. The van der Waals surface area contributed by atoms with Crippen LogP contribution in [0.25, 0.3) is 0 Å². The van der Waals surface area contributed by atoms with Crippen molar-refractivity contribution in [2.45, 2.75) is 53.1 Å². The van der Waals surface area contributed by atoms with E-state index in [9.17, 15) is 14.0 Å². The Bertz CT molecular complexity index is 852. The van der Waals surface area contributed by atoms with Gasteiger partial charge < -0.3 is 15.0 Å². The van der Waals surface area contributed by atoms with E-state index in [2.05, 4.69) is 5.32 Å². The summed E-state index contributed by atoms with van der Waals surface area (Å²) in [4.78, 5) is 27.3. The lowest BCUT2D eigenvalue weighted by Gasteiger charge is -2.30. The number of hydrogen-bond acceptors (Lipinski definition) is 3. The molecule has 0 radical (unpaired) electrons. The Morgan fingerprint density at radius 1 is 1.10 bits per heavy atom. The van der Waals surface area contributed by atoms with Crippen LogP contribution in [0.1, 0.15) is 43.4 Å². The van der Waals surface area contributed by atoms with Gasteiger partial charge in [-0.2, -0.15) is 0 Å². The molecule has 0 heterocycles. The van der Waals surface area contributed by atoms with Crippen LogP contribution in [0, 0.1) is 19.7 Å². The van der Waals surface area contributed by atoms with Crippen LogP contribution >= 0.6 is 0 Å². The zero-order valence-corrected chi connectivity index (χ0v) is 18.2. The first kappa shape index (κ1) is 23.4. The second-order valence-electron chi connectivity index (χ2n) is 7.35. The number of benzene rings is 2. The third-order valence-electron chi connectivity index (χ3n) is 5.11. The molecule has 5 nitrogen and oxygen atoms in total. The van der Waals surface area contributed by atoms with Crippen molar-refractivity contribution < 1.29 is 18.7 Å². The van der Waals surface area contributed by atoms with Crippen LogP contribution in [0.5, 0.6) is 5.75 Å². The molecular formula is C24H31FN2O3. The van der Waals surface area contributed by atoms with Crippen molar-refractivity contribution in [1.29, 1.82) is 0 Å². The molecule has 2 aromatic carbocycles. The van der Waals surface area contributed by atoms with Crippen LogP contribution in [-0.2, 0) is 16.1 Å². The predicted octanol–water partition coefficient (Wildman–Crippen LogP) is 4.15. The van der Waals surface area contributed by atoms with Gasteiger partial charge >= 0.3 is 0 Å². The van der Waals surface area contributed by atoms with Crippen molar-refractivity contribution in [1.82, 2.24) is 10.2 Å². The molecule has 2 aromatic rings. The highest BCUT2D eigenvalue weighted by Gasteiger charge is 2.28. The lowest BCUT2D eigenvalue weighted by Crippen LogP contribution is -2.50. The number of ether oxygens (including phenoxy) is 1. The zero-order chi connectivity index (χ0) is 22.1. The summed E-state index contributed by atoms with van der Waals surface area (Å²) in [6.07, 6.45) is 1.27. The smallest absolute Gasteiger partial charge is 0.261 e. The minimum absolute atomic E-state index is 0.178. The predicted molar refractivity (Wildman–Crippen MR) is 116 cm³/mol. The Hall–Kier alpha value is -2.89. The summed E-state index contributed by atoms with van der Waals surface area (Å²) < 4.78 is 19.1. The number of amides is 2. The Morgan fingerprint density at radius 2 is 1.80 bits per heavy atom. The quantitative estimate of drug-likeness (QED) is 0.635. The molecule has 6 heteroatoms. The van der Waals surface area contributed by atoms with Gasteiger partial charge in [0.2, 0.25) is 5.91 Å². The lowest BCUT2D eigenvalue weighted by molar-refractivity contribution is -0.143. The van der Waals surface area contributed by atoms with Crippen LogP contribution in [-0.4, -0.2) is 35.9 Å². The number of nitrogens with one attached hydrogen (secondary N) is 1. The minimum Gasteiger partial charge on any atom is -0.483 e. The Labute approximate surface area is 178 Å². The van der Waals surface area contributed by atoms with Crippen molar-refractivity contribution in [3.05, 3.63) is 65.0 Å². The largest absolute Gasteiger partial charge is 0.483 e. The van der Waals surface area contributed by atoms with Crippen LogP contribution in [0.2, 0.25) is 0 Å². The Kier molecular flexibility index (Phi) is 8.84. The van der Waals surface area contributed by atoms with E-state index in [1.54, 1.807) is 12.1 Å². The van der Waals surface area contributed by atoms with Crippen LogP contribution in [0.4, 0.5) is 4.39 Å². The molecule has 0 saturated heterocycles. The van der Waals surface area contributed by atoms with Gasteiger partial charge in [0.25, 0.3) is 5.91 Å². The number of aryl methyl sites for hydroxylation is 1. The summed E-state index contributed by atoms with van der Waals surface area (Å²) in [7, 11) is 0. The molecule has 0 aliphatic rings. The first-order chi connectivity index (χ1) is 14.4. The molecule has 1 unspecified atom stereocenters. The molecule has 0 spiro atoms. The van der Waals surface area contributed by atoms with Gasteiger partial charge in [0, 0.05) is 13.1 Å². The summed E-state index contributed by atoms with van der Waals surface area (Å²) in [5.74, 6) is -0.184. The van der Waals surface area contributed by atoms with E-state index in [1.807, 2.05) is 45.9 Å². The molecule has 0 fully saturated rings. The van der Waals surface area contributed by atoms with E-state index in [-0.39, 0.29) is 30.8 Å². The first-order valence-electron chi connectivity index (χ1n) is 10.4. The number of rotatable bonds is 10. The van der Waals surface area contributed by atoms with Gasteiger partial charge in [-0.1, -0.05) is 38.1 Å². The van der Waals surface area contributed by atoms with Crippen LogP contribution in [0.15, 0.2) is 42.5 Å². The summed E-state index contributed by atoms with van der Waals surface area (Å²) in [6, 6.07) is 11.0. The molecule has 30 heavy (non-hydrogen) atoms. The molecular weight excluding hydrogens is 383 g/mol. The Morgan fingerprint density at radius 3 is 2.43 bits per heavy atom. The third kappa shape index (κ3) is 6.31. The van der Waals surface area contributed by atoms with Gasteiger partial charge in [-0.3, -0.25) is 9.59 Å². The molecule has 1 N–H and O–H groups in total. The van der Waals surface area contributed by atoms with Crippen LogP contribution < -0.4 is 10.1 Å². The molecule has 162 valence electrons. The highest BCUT2D eigenvalue weighted by atomic mass is 19.1. The zero-order valence-electron chi connectivity index (χ0n) is 18.2. The maximum Gasteiger partial charge on any atom is 0.261 e. The third-order valence-corrected chi connectivity index (χ3v) is 5.11. The molecule has 0 aromatic heterocycles. The fraction of sp³-hybridized carbons (Fsp3) is 0.417. The maximum atomic E-state index is 13.3. The topological polar surface area (TPSA) is 58.6 Å². The first-order valence-corrected chi connectivity index (χ1v) is 10.4. The monoisotopic (exact) mass is 414 g/mol. The summed E-state index contributed by atoms with van der Waals surface area (Å²) in [5.41, 5.74) is 2.80. The van der Waals surface area contributed by atoms with Crippen molar-refractivity contribution >= 4 is 11.8 Å². The summed E-state index contributed by atoms with van der Waals surface area (Å²) >= 11 is 0. The van der Waals surface area contributed by atoms with Gasteiger partial charge in [-0.15, -0.1) is 0 Å². The second kappa shape index (κ2) is 11.3. The average Bonchev–Trinajstić information content (AvgIpc) is 2.74. The van der Waals surface area contributed by atoms with Gasteiger partial charge in [0.15, 0.2) is 6.61 Å². The summed E-state index contributed by atoms with van der Waals surface area (Å²) in [5, 5.41) is 2.87. The number of hydrogen-bond donors (Lipinski definition) is 1. The van der Waals surface area contributed by atoms with Crippen molar-refractivity contribution in [3.63, 3.8) is 0 Å². The lowest BCUT2D eigenvalue weighted by atomic mass is 10.1. The highest BCUT2D eigenvalue weighted by Crippen LogP contribution is 2.21. The van der Waals surface area contributed by atoms with E-state index < -0.39 is 6.04 Å². The van der Waals surface area contributed by atoms with Crippen LogP contribution in [0.3, 0.4) is 0 Å². The molecule has 0 aliphatic heterocycles. The van der Waals surface area contributed by atoms with Gasteiger partial charge in [-0.05, 0) is 61.6 Å². The molecule has 1 atom stereocenters. The van der Waals surface area contributed by atoms with Crippen molar-refractivity contribution in [2.24, 2.45) is 0 Å². The normalized spacial score (nSPS) is 11.6. The van der Waals surface area contributed by atoms with E-state index in [1.165, 1.54) is 17.0 Å². The SMILES string of the molecule is CCCNC(=O)C(CC)N(Cc1ccc(F)cc1)C(=O)COc1cccc(C)c1C. The standard InChI is InChI=1S/C24H31FN2O3/c1-5-14-26-24(29)21(6-2)27(15-19-10-12-20(25)13-11-19)23(28)16-30-22-9-7-8-17(3)18(22)4/h7-13,21H,5-6,14-16H2,1-4H3,(H,26,29). The molecule has 0 bridgehead atoms. The van der Waals surface area contributed by atoms with Gasteiger partial charge in [0.05, 0.1) is 0 Å². The number of nitrogens with zero attached hydrogens (tertiary/aromatic N) is 1. The second-order valence-corrected chi connectivity index (χ2v) is 7.35. The van der Waals surface area contributed by atoms with E-state index in [0.29, 0.717) is 18.7 Å². The van der Waals surface area contributed by atoms with E-state index in [0.717, 1.165) is 23.1 Å². The average molecular weight is 415 g/mol. The van der Waals surface area contributed by atoms with Crippen molar-refractivity contribution in [2.75, 3.05) is 13.2 Å². The number of halogens is 1. The van der Waals surface area contributed by atoms with Gasteiger partial charge in [0.1, 0.15) is 17.6 Å². The van der Waals surface area contributed by atoms with Gasteiger partial charge in [-0.25, -0.2) is 4.39 Å². The molecule has 2 rings (SSSR count). The Balaban J connectivity index is 2.21. The molecule has 0 saturated carbocycles. The number of carbonyl (C=O) groups is 2. The minimum atomic E-state index is -0.628. The highest BCUT2D eigenvalue weighted by molar-refractivity contribution is 5.88. The number of carbonyl (C=O) groups excluding carboxylic acids is 2. The fourth-order valence-electron chi connectivity index (χ4n) is 3.17. The van der Waals surface area contributed by atoms with Crippen molar-refractivity contribution in [3.8, 4) is 5.75 Å². The van der Waals surface area contributed by atoms with E-state index >= 15 is 0 Å². The summed E-state index contributed by atoms with van der Waals surface area (Å²) in [6.45, 7) is 8.34. The fourth-order valence-corrected chi connectivity index (χ4v) is 3.17. The molecule has 2 amide bonds.